The third kappa shape index (κ3) is 3.66. The molecule has 0 bridgehead atoms. The molecule has 0 spiro atoms. The van der Waals surface area contributed by atoms with Gasteiger partial charge in [-0.05, 0) is 37.1 Å². The minimum absolute atomic E-state index is 0.111. The summed E-state index contributed by atoms with van der Waals surface area (Å²) in [5, 5.41) is 8.13. The number of piperidine rings is 1. The van der Waals surface area contributed by atoms with Crippen molar-refractivity contribution >= 4 is 11.6 Å². The van der Waals surface area contributed by atoms with E-state index in [2.05, 4.69) is 10.2 Å². The number of alkyl halides is 3. The van der Waals surface area contributed by atoms with Gasteiger partial charge in [-0.25, -0.2) is 0 Å². The maximum atomic E-state index is 13.1. The Morgan fingerprint density at radius 2 is 1.90 bits per heavy atom. The van der Waals surface area contributed by atoms with Gasteiger partial charge in [0.15, 0.2) is 17.1 Å². The number of fused-ring (bicyclic) bond motifs is 2. The summed E-state index contributed by atoms with van der Waals surface area (Å²) >= 11 is 0. The van der Waals surface area contributed by atoms with Gasteiger partial charge in [0.2, 0.25) is 6.10 Å². The van der Waals surface area contributed by atoms with Gasteiger partial charge in [-0.2, -0.15) is 13.2 Å². The van der Waals surface area contributed by atoms with Crippen molar-refractivity contribution in [1.29, 1.82) is 0 Å². The Morgan fingerprint density at radius 3 is 2.71 bits per heavy atom. The first-order valence-electron chi connectivity index (χ1n) is 9.99. The van der Waals surface area contributed by atoms with E-state index in [0.717, 1.165) is 12.3 Å². The summed E-state index contributed by atoms with van der Waals surface area (Å²) in [7, 11) is 0. The second-order valence-electron chi connectivity index (χ2n) is 7.69. The van der Waals surface area contributed by atoms with Crippen LogP contribution in [0.1, 0.15) is 30.1 Å². The smallest absolute Gasteiger partial charge is 0.417 e. The van der Waals surface area contributed by atoms with Crippen LogP contribution in [0.25, 0.3) is 5.65 Å². The van der Waals surface area contributed by atoms with E-state index in [4.69, 9.17) is 9.47 Å². The van der Waals surface area contributed by atoms with Gasteiger partial charge in [-0.1, -0.05) is 12.1 Å². The van der Waals surface area contributed by atoms with Crippen LogP contribution in [0.4, 0.5) is 13.2 Å². The van der Waals surface area contributed by atoms with Crippen molar-refractivity contribution in [2.45, 2.75) is 31.0 Å². The van der Waals surface area contributed by atoms with Gasteiger partial charge in [0.05, 0.1) is 5.56 Å². The average Bonchev–Trinajstić information content (AvgIpc) is 3.21. The molecule has 0 radical (unpaired) electrons. The molecular weight excluding hydrogens is 413 g/mol. The average molecular weight is 432 g/mol. The first-order chi connectivity index (χ1) is 14.9. The zero-order valence-corrected chi connectivity index (χ0v) is 16.4. The number of hydrogen-bond acceptors (Lipinski definition) is 5. The molecule has 2 aliphatic rings. The Bertz CT molecular complexity index is 1130. The minimum atomic E-state index is -4.46. The van der Waals surface area contributed by atoms with Gasteiger partial charge < -0.3 is 14.4 Å². The predicted molar refractivity (Wildman–Crippen MR) is 103 cm³/mol. The van der Waals surface area contributed by atoms with Crippen LogP contribution in [-0.2, 0) is 11.0 Å². The first-order valence-corrected chi connectivity index (χ1v) is 9.99. The fraction of sp³-hybridized carbons (Fsp3) is 0.381. The van der Waals surface area contributed by atoms with E-state index in [-0.39, 0.29) is 18.4 Å². The lowest BCUT2D eigenvalue weighted by molar-refractivity contribution is -0.142. The molecule has 5 rings (SSSR count). The highest BCUT2D eigenvalue weighted by molar-refractivity contribution is 5.82. The number of rotatable bonds is 2. The molecule has 2 atom stereocenters. The van der Waals surface area contributed by atoms with Crippen LogP contribution in [0.5, 0.6) is 11.5 Å². The fourth-order valence-corrected chi connectivity index (χ4v) is 4.09. The molecule has 0 unspecified atom stereocenters. The van der Waals surface area contributed by atoms with E-state index in [1.165, 1.54) is 10.5 Å². The molecule has 1 aromatic carbocycles. The summed E-state index contributed by atoms with van der Waals surface area (Å²) in [6.07, 6.45) is -2.81. The number of aromatic nitrogens is 3. The highest BCUT2D eigenvalue weighted by Crippen LogP contribution is 2.33. The topological polar surface area (TPSA) is 69.0 Å². The van der Waals surface area contributed by atoms with Crippen LogP contribution in [0, 0.1) is 0 Å². The van der Waals surface area contributed by atoms with Crippen LogP contribution in [0.3, 0.4) is 0 Å². The van der Waals surface area contributed by atoms with Crippen molar-refractivity contribution in [2.24, 2.45) is 0 Å². The van der Waals surface area contributed by atoms with Gasteiger partial charge in [0, 0.05) is 25.2 Å². The van der Waals surface area contributed by atoms with Gasteiger partial charge in [-0.3, -0.25) is 9.20 Å². The normalized spacial score (nSPS) is 21.3. The Kier molecular flexibility index (Phi) is 4.71. The second kappa shape index (κ2) is 7.44. The van der Waals surface area contributed by atoms with Crippen molar-refractivity contribution in [3.8, 4) is 11.5 Å². The van der Waals surface area contributed by atoms with E-state index in [1.807, 2.05) is 6.07 Å². The van der Waals surface area contributed by atoms with Crippen LogP contribution in [0.2, 0.25) is 0 Å². The van der Waals surface area contributed by atoms with Gasteiger partial charge >= 0.3 is 6.18 Å². The van der Waals surface area contributed by atoms with E-state index >= 15 is 0 Å². The summed E-state index contributed by atoms with van der Waals surface area (Å²) < 4.78 is 52.3. The van der Waals surface area contributed by atoms with Crippen LogP contribution < -0.4 is 9.47 Å². The number of carbonyl (C=O) groups is 1. The monoisotopic (exact) mass is 432 g/mol. The third-order valence-electron chi connectivity index (χ3n) is 5.64. The molecule has 1 saturated heterocycles. The van der Waals surface area contributed by atoms with Crippen LogP contribution in [0.15, 0.2) is 42.6 Å². The number of likely N-dealkylation sites (tertiary alicyclic amines) is 1. The number of nitrogens with zero attached hydrogens (tertiary/aromatic N) is 4. The molecule has 1 amide bonds. The lowest BCUT2D eigenvalue weighted by Gasteiger charge is -2.35. The SMILES string of the molecule is O=C([C@H]1COc2ccccc2O1)N1CCC[C@@H](c2nnc3ccc(C(F)(F)F)cn23)C1. The van der Waals surface area contributed by atoms with Crippen molar-refractivity contribution in [1.82, 2.24) is 19.5 Å². The molecule has 7 nitrogen and oxygen atoms in total. The lowest BCUT2D eigenvalue weighted by atomic mass is 9.96. The number of hydrogen-bond donors (Lipinski definition) is 0. The molecule has 1 fully saturated rings. The number of carbonyl (C=O) groups excluding carboxylic acids is 1. The van der Waals surface area contributed by atoms with Crippen molar-refractivity contribution < 1.29 is 27.4 Å². The zero-order chi connectivity index (χ0) is 21.6. The van der Waals surface area contributed by atoms with E-state index in [9.17, 15) is 18.0 Å². The molecule has 2 aromatic heterocycles. The molecule has 0 saturated carbocycles. The summed E-state index contributed by atoms with van der Waals surface area (Å²) in [6, 6.07) is 9.44. The van der Waals surface area contributed by atoms with Crippen LogP contribution >= 0.6 is 0 Å². The van der Waals surface area contributed by atoms with Gasteiger partial charge in [0.25, 0.3) is 5.91 Å². The summed E-state index contributed by atoms with van der Waals surface area (Å²) in [5.41, 5.74) is -0.428. The largest absolute Gasteiger partial charge is 0.485 e. The van der Waals surface area contributed by atoms with Crippen molar-refractivity contribution in [3.05, 3.63) is 54.0 Å². The Labute approximate surface area is 175 Å². The predicted octanol–water partition coefficient (Wildman–Crippen LogP) is 3.29. The van der Waals surface area contributed by atoms with Gasteiger partial charge in [-0.15, -0.1) is 10.2 Å². The highest BCUT2D eigenvalue weighted by Gasteiger charge is 2.36. The highest BCUT2D eigenvalue weighted by atomic mass is 19.4. The lowest BCUT2D eigenvalue weighted by Crippen LogP contribution is -2.49. The van der Waals surface area contributed by atoms with Crippen LogP contribution in [-0.4, -0.2) is 51.2 Å². The Morgan fingerprint density at radius 1 is 1.10 bits per heavy atom. The Balaban J connectivity index is 1.36. The van der Waals surface area contributed by atoms with Crippen molar-refractivity contribution in [2.75, 3.05) is 19.7 Å². The molecule has 31 heavy (non-hydrogen) atoms. The van der Waals surface area contributed by atoms with E-state index in [1.54, 1.807) is 23.1 Å². The van der Waals surface area contributed by atoms with Crippen molar-refractivity contribution in [3.63, 3.8) is 0 Å². The summed E-state index contributed by atoms with van der Waals surface area (Å²) in [4.78, 5) is 14.7. The zero-order valence-electron chi connectivity index (χ0n) is 16.4. The Hall–Kier alpha value is -3.30. The molecule has 162 valence electrons. The number of benzene rings is 1. The van der Waals surface area contributed by atoms with Gasteiger partial charge in [0.1, 0.15) is 12.4 Å². The van der Waals surface area contributed by atoms with E-state index in [0.29, 0.717) is 48.9 Å². The maximum Gasteiger partial charge on any atom is 0.417 e. The molecule has 4 heterocycles. The first kappa shape index (κ1) is 19.7. The third-order valence-corrected chi connectivity index (χ3v) is 5.64. The molecule has 0 aliphatic carbocycles. The molecule has 0 N–H and O–H groups in total. The molecular formula is C21H19F3N4O3. The fourth-order valence-electron chi connectivity index (χ4n) is 4.09. The van der Waals surface area contributed by atoms with E-state index < -0.39 is 17.8 Å². The summed E-state index contributed by atoms with van der Waals surface area (Å²) in [5.74, 6) is 1.10. The number of ether oxygens (including phenoxy) is 2. The number of pyridine rings is 1. The maximum absolute atomic E-state index is 13.1. The summed E-state index contributed by atoms with van der Waals surface area (Å²) in [6.45, 7) is 0.985. The molecule has 10 heteroatoms. The standard InChI is InChI=1S/C21H19F3N4O3/c22-21(23,24)14-7-8-18-25-26-19(28(18)11-14)13-4-3-9-27(10-13)20(29)17-12-30-15-5-1-2-6-16(15)31-17/h1-2,5-8,11,13,17H,3-4,9-10,12H2/t13-,17-/m1/s1. The number of amides is 1. The molecule has 2 aliphatic heterocycles. The molecule has 3 aromatic rings. The number of para-hydroxylation sites is 2. The number of halogens is 3. The quantitative estimate of drug-likeness (QED) is 0.622. The second-order valence-corrected chi connectivity index (χ2v) is 7.69. The minimum Gasteiger partial charge on any atom is -0.485 e.